The molecule has 0 radical (unpaired) electrons. The molecule has 0 fully saturated rings. The van der Waals surface area contributed by atoms with Crippen molar-refractivity contribution >= 4 is 39.6 Å². The molecule has 3 heterocycles. The Hall–Kier alpha value is -2.45. The van der Waals surface area contributed by atoms with E-state index in [4.69, 9.17) is 9.52 Å². The van der Waals surface area contributed by atoms with Crippen molar-refractivity contribution in [3.63, 3.8) is 0 Å². The van der Waals surface area contributed by atoms with E-state index in [2.05, 4.69) is 10.3 Å². The first-order chi connectivity index (χ1) is 10.1. The van der Waals surface area contributed by atoms with Gasteiger partial charge >= 0.3 is 5.97 Å². The Morgan fingerprint density at radius 3 is 2.81 bits per heavy atom. The van der Waals surface area contributed by atoms with Gasteiger partial charge in [-0.05, 0) is 24.3 Å². The predicted molar refractivity (Wildman–Crippen MR) is 79.0 cm³/mol. The number of hydrogen-bond acceptors (Lipinski definition) is 6. The topological polar surface area (TPSA) is 92.4 Å². The van der Waals surface area contributed by atoms with E-state index < -0.39 is 5.97 Å². The van der Waals surface area contributed by atoms with E-state index >= 15 is 0 Å². The van der Waals surface area contributed by atoms with Gasteiger partial charge in [-0.15, -0.1) is 22.7 Å². The molecule has 106 valence electrons. The summed E-state index contributed by atoms with van der Waals surface area (Å²) >= 11 is 2.29. The Labute approximate surface area is 126 Å². The summed E-state index contributed by atoms with van der Waals surface area (Å²) in [7, 11) is 0. The third-order valence-electron chi connectivity index (χ3n) is 2.52. The van der Waals surface area contributed by atoms with E-state index in [-0.39, 0.29) is 16.5 Å². The number of aromatic nitrogens is 1. The summed E-state index contributed by atoms with van der Waals surface area (Å²) in [5, 5.41) is 14.2. The van der Waals surface area contributed by atoms with Crippen molar-refractivity contribution in [2.24, 2.45) is 0 Å². The summed E-state index contributed by atoms with van der Waals surface area (Å²) < 4.78 is 5.21. The summed E-state index contributed by atoms with van der Waals surface area (Å²) in [6, 6.07) is 6.50. The summed E-state index contributed by atoms with van der Waals surface area (Å²) in [6.45, 7) is 0. The van der Waals surface area contributed by atoms with Crippen LogP contribution in [0.15, 0.2) is 40.3 Å². The molecule has 3 rings (SSSR count). The number of rotatable bonds is 4. The van der Waals surface area contributed by atoms with Crippen LogP contribution in [0.25, 0.3) is 10.8 Å². The second-order valence-electron chi connectivity index (χ2n) is 3.94. The fourth-order valence-corrected chi connectivity index (χ4v) is 3.09. The van der Waals surface area contributed by atoms with Gasteiger partial charge in [0, 0.05) is 5.38 Å². The third-order valence-corrected chi connectivity index (χ3v) is 4.37. The number of carboxylic acids is 1. The van der Waals surface area contributed by atoms with Gasteiger partial charge in [-0.1, -0.05) is 0 Å². The number of nitrogens with one attached hydrogen (secondary N) is 1. The van der Waals surface area contributed by atoms with Crippen LogP contribution in [0.4, 0.5) is 5.00 Å². The quantitative estimate of drug-likeness (QED) is 0.768. The van der Waals surface area contributed by atoms with Gasteiger partial charge in [0.05, 0.1) is 11.3 Å². The number of nitrogens with zero attached hydrogens (tertiary/aromatic N) is 1. The highest BCUT2D eigenvalue weighted by Crippen LogP contribution is 2.26. The van der Waals surface area contributed by atoms with Gasteiger partial charge in [-0.25, -0.2) is 9.78 Å². The SMILES string of the molecule is O=C(Nc1ccc(C(=O)O)s1)c1csc(-c2ccco2)n1. The lowest BCUT2D eigenvalue weighted by Gasteiger charge is -1.98. The molecule has 0 aliphatic carbocycles. The van der Waals surface area contributed by atoms with Gasteiger partial charge in [-0.3, -0.25) is 4.79 Å². The first-order valence-electron chi connectivity index (χ1n) is 5.77. The Morgan fingerprint density at radius 2 is 2.14 bits per heavy atom. The lowest BCUT2D eigenvalue weighted by molar-refractivity contribution is 0.0702. The molecule has 0 saturated heterocycles. The molecular formula is C13H8N2O4S2. The smallest absolute Gasteiger partial charge is 0.345 e. The largest absolute Gasteiger partial charge is 0.477 e. The first kappa shape index (κ1) is 13.5. The highest BCUT2D eigenvalue weighted by atomic mass is 32.1. The van der Waals surface area contributed by atoms with Crippen LogP contribution in [0.2, 0.25) is 0 Å². The number of hydrogen-bond donors (Lipinski definition) is 2. The van der Waals surface area contributed by atoms with Crippen LogP contribution in [0.3, 0.4) is 0 Å². The van der Waals surface area contributed by atoms with E-state index in [1.165, 1.54) is 23.7 Å². The number of amides is 1. The van der Waals surface area contributed by atoms with Crippen LogP contribution in [0.1, 0.15) is 20.2 Å². The summed E-state index contributed by atoms with van der Waals surface area (Å²) in [5.41, 5.74) is 0.261. The number of aromatic carboxylic acids is 1. The van der Waals surface area contributed by atoms with Gasteiger partial charge in [0.15, 0.2) is 10.8 Å². The Kier molecular flexibility index (Phi) is 3.55. The minimum atomic E-state index is -1.02. The number of carbonyl (C=O) groups excluding carboxylic acids is 1. The van der Waals surface area contributed by atoms with Gasteiger partial charge in [0.2, 0.25) is 0 Å². The Balaban J connectivity index is 1.74. The number of anilines is 1. The van der Waals surface area contributed by atoms with Gasteiger partial charge in [0.1, 0.15) is 10.6 Å². The predicted octanol–water partition coefficient (Wildman–Crippen LogP) is 3.42. The second kappa shape index (κ2) is 5.51. The van der Waals surface area contributed by atoms with E-state index in [9.17, 15) is 9.59 Å². The molecule has 0 spiro atoms. The normalized spacial score (nSPS) is 10.5. The van der Waals surface area contributed by atoms with E-state index in [1.54, 1.807) is 23.6 Å². The summed E-state index contributed by atoms with van der Waals surface area (Å²) in [4.78, 5) is 27.2. The van der Waals surface area contributed by atoms with Crippen molar-refractivity contribution < 1.29 is 19.1 Å². The molecule has 0 unspecified atom stereocenters. The monoisotopic (exact) mass is 320 g/mol. The molecule has 1 amide bonds. The number of thiophene rings is 1. The zero-order valence-electron chi connectivity index (χ0n) is 10.4. The average molecular weight is 320 g/mol. The minimum absolute atomic E-state index is 0.167. The van der Waals surface area contributed by atoms with Crippen LogP contribution >= 0.6 is 22.7 Å². The molecule has 3 aromatic rings. The molecule has 8 heteroatoms. The van der Waals surface area contributed by atoms with Crippen LogP contribution in [-0.2, 0) is 0 Å². The number of furan rings is 1. The molecule has 6 nitrogen and oxygen atoms in total. The highest BCUT2D eigenvalue weighted by molar-refractivity contribution is 7.18. The van der Waals surface area contributed by atoms with Crippen molar-refractivity contribution in [2.45, 2.75) is 0 Å². The number of carboxylic acid groups (broad SMARTS) is 1. The van der Waals surface area contributed by atoms with Crippen molar-refractivity contribution in [1.82, 2.24) is 4.98 Å². The fraction of sp³-hybridized carbons (Fsp3) is 0. The summed E-state index contributed by atoms with van der Waals surface area (Å²) in [6.07, 6.45) is 1.54. The van der Waals surface area contributed by atoms with E-state index in [1.807, 2.05) is 0 Å². The number of thiazole rings is 1. The van der Waals surface area contributed by atoms with Crippen LogP contribution in [0, 0.1) is 0 Å². The molecule has 0 saturated carbocycles. The van der Waals surface area contributed by atoms with Crippen molar-refractivity contribution in [1.29, 1.82) is 0 Å². The third kappa shape index (κ3) is 2.86. The molecule has 3 aromatic heterocycles. The molecule has 2 N–H and O–H groups in total. The van der Waals surface area contributed by atoms with Crippen LogP contribution in [0.5, 0.6) is 0 Å². The van der Waals surface area contributed by atoms with Crippen molar-refractivity contribution in [3.05, 3.63) is 46.5 Å². The van der Waals surface area contributed by atoms with E-state index in [0.29, 0.717) is 15.8 Å². The van der Waals surface area contributed by atoms with Gasteiger partial charge in [-0.2, -0.15) is 0 Å². The van der Waals surface area contributed by atoms with E-state index in [0.717, 1.165) is 11.3 Å². The zero-order valence-corrected chi connectivity index (χ0v) is 12.0. The minimum Gasteiger partial charge on any atom is -0.477 e. The van der Waals surface area contributed by atoms with Crippen molar-refractivity contribution in [2.75, 3.05) is 5.32 Å². The Morgan fingerprint density at radius 1 is 1.29 bits per heavy atom. The molecule has 0 aromatic carbocycles. The molecular weight excluding hydrogens is 312 g/mol. The van der Waals surface area contributed by atoms with Crippen LogP contribution < -0.4 is 5.32 Å². The standard InChI is InChI=1S/C13H8N2O4S2/c16-11(15-10-4-3-9(21-10)13(17)18)7-6-20-12(14-7)8-2-1-5-19-8/h1-6H,(H,15,16)(H,17,18). The lowest BCUT2D eigenvalue weighted by atomic mass is 10.4. The number of carbonyl (C=O) groups is 2. The second-order valence-corrected chi connectivity index (χ2v) is 5.88. The molecule has 0 aliphatic rings. The molecule has 0 aliphatic heterocycles. The highest BCUT2D eigenvalue weighted by Gasteiger charge is 2.15. The molecule has 0 atom stereocenters. The average Bonchev–Trinajstić information content (AvgIpc) is 3.19. The summed E-state index contributed by atoms with van der Waals surface area (Å²) in [5.74, 6) is -0.805. The fourth-order valence-electron chi connectivity index (χ4n) is 1.59. The Bertz CT molecular complexity index is 789. The molecule has 0 bridgehead atoms. The lowest BCUT2D eigenvalue weighted by Crippen LogP contribution is -2.11. The zero-order chi connectivity index (χ0) is 14.8. The van der Waals surface area contributed by atoms with Crippen LogP contribution in [-0.4, -0.2) is 22.0 Å². The maximum Gasteiger partial charge on any atom is 0.345 e. The maximum atomic E-state index is 12.0. The van der Waals surface area contributed by atoms with Gasteiger partial charge in [0.25, 0.3) is 5.91 Å². The van der Waals surface area contributed by atoms with Gasteiger partial charge < -0.3 is 14.8 Å². The first-order valence-corrected chi connectivity index (χ1v) is 7.47. The molecule has 21 heavy (non-hydrogen) atoms. The maximum absolute atomic E-state index is 12.0. The van der Waals surface area contributed by atoms with Crippen molar-refractivity contribution in [3.8, 4) is 10.8 Å².